The van der Waals surface area contributed by atoms with E-state index in [0.717, 1.165) is 18.5 Å². The highest BCUT2D eigenvalue weighted by Crippen LogP contribution is 2.29. The topological polar surface area (TPSA) is 89.4 Å². The summed E-state index contributed by atoms with van der Waals surface area (Å²) in [5, 5.41) is 10.3. The van der Waals surface area contributed by atoms with Crippen LogP contribution in [0.3, 0.4) is 0 Å². The number of ether oxygens (including phenoxy) is 1. The third kappa shape index (κ3) is 3.07. The van der Waals surface area contributed by atoms with Crippen LogP contribution in [-0.4, -0.2) is 56.9 Å². The minimum absolute atomic E-state index is 0.00430. The summed E-state index contributed by atoms with van der Waals surface area (Å²) < 4.78 is 7.24. The second kappa shape index (κ2) is 6.19. The van der Waals surface area contributed by atoms with Gasteiger partial charge in [-0.2, -0.15) is 0 Å². The molecule has 2 aliphatic rings. The normalized spacial score (nSPS) is 23.2. The van der Waals surface area contributed by atoms with Gasteiger partial charge in [0.05, 0.1) is 6.54 Å². The number of hydrogen-bond donors (Lipinski definition) is 1. The van der Waals surface area contributed by atoms with Crippen molar-refractivity contribution in [3.63, 3.8) is 0 Å². The lowest BCUT2D eigenvalue weighted by molar-refractivity contribution is 0.0438. The number of nitrogens with zero attached hydrogens (tertiary/aromatic N) is 4. The first-order valence-electron chi connectivity index (χ1n) is 8.36. The summed E-state index contributed by atoms with van der Waals surface area (Å²) >= 11 is 0. The standard InChI is InChI=1S/C17H19N5O3/c23-15(13-2-4-14(5-3-13)22-11-19-20-12-22)21-8-1-6-17(7-9-21)10-18-16(24)25-17/h2-5,11-12H,1,6-10H2,(H,18,24)/t17-/m1/s1. The summed E-state index contributed by atoms with van der Waals surface area (Å²) in [7, 11) is 0. The van der Waals surface area contributed by atoms with Crippen LogP contribution in [0.5, 0.6) is 0 Å². The molecule has 4 rings (SSSR count). The minimum Gasteiger partial charge on any atom is -0.441 e. The molecule has 2 aliphatic heterocycles. The number of likely N-dealkylation sites (tertiary alicyclic amines) is 1. The zero-order valence-electron chi connectivity index (χ0n) is 13.7. The van der Waals surface area contributed by atoms with Crippen molar-refractivity contribution in [1.29, 1.82) is 0 Å². The van der Waals surface area contributed by atoms with E-state index in [-0.39, 0.29) is 12.0 Å². The Bertz CT molecular complexity index is 774. The average molecular weight is 341 g/mol. The number of carbonyl (C=O) groups is 2. The third-order valence-electron chi connectivity index (χ3n) is 4.88. The molecule has 2 fully saturated rings. The van der Waals surface area contributed by atoms with Gasteiger partial charge in [0.1, 0.15) is 18.3 Å². The molecular formula is C17H19N5O3. The number of benzene rings is 1. The largest absolute Gasteiger partial charge is 0.441 e. The molecule has 0 unspecified atom stereocenters. The fraction of sp³-hybridized carbons (Fsp3) is 0.412. The number of nitrogens with one attached hydrogen (secondary N) is 1. The summed E-state index contributed by atoms with van der Waals surface area (Å²) in [6, 6.07) is 7.38. The summed E-state index contributed by atoms with van der Waals surface area (Å²) in [5.74, 6) is 0.00430. The Balaban J connectivity index is 1.45. The first-order chi connectivity index (χ1) is 12.2. The van der Waals surface area contributed by atoms with Crippen LogP contribution in [0, 0.1) is 0 Å². The van der Waals surface area contributed by atoms with Gasteiger partial charge in [-0.25, -0.2) is 4.79 Å². The van der Waals surface area contributed by atoms with Gasteiger partial charge in [-0.1, -0.05) is 0 Å². The van der Waals surface area contributed by atoms with Crippen molar-refractivity contribution in [3.05, 3.63) is 42.5 Å². The average Bonchev–Trinajstić information content (AvgIpc) is 3.23. The molecule has 2 saturated heterocycles. The Morgan fingerprint density at radius 1 is 1.12 bits per heavy atom. The Hall–Kier alpha value is -2.90. The molecule has 8 nitrogen and oxygen atoms in total. The van der Waals surface area contributed by atoms with Crippen molar-refractivity contribution in [3.8, 4) is 5.69 Å². The number of aromatic nitrogens is 3. The lowest BCUT2D eigenvalue weighted by Gasteiger charge is -2.25. The SMILES string of the molecule is O=C1NC[C@]2(CCCN(C(=O)c3ccc(-n4cnnc4)cc3)CC2)O1. The lowest BCUT2D eigenvalue weighted by atomic mass is 9.95. The Morgan fingerprint density at radius 3 is 2.56 bits per heavy atom. The first-order valence-corrected chi connectivity index (χ1v) is 8.36. The predicted octanol–water partition coefficient (Wildman–Crippen LogP) is 1.37. The highest BCUT2D eigenvalue weighted by atomic mass is 16.6. The van der Waals surface area contributed by atoms with Crippen LogP contribution in [0.15, 0.2) is 36.9 Å². The van der Waals surface area contributed by atoms with Crippen molar-refractivity contribution in [2.24, 2.45) is 0 Å². The summed E-state index contributed by atoms with van der Waals surface area (Å²) in [5.41, 5.74) is 1.10. The van der Waals surface area contributed by atoms with Gasteiger partial charge in [0.2, 0.25) is 0 Å². The molecule has 1 aromatic heterocycles. The van der Waals surface area contributed by atoms with Crippen LogP contribution in [0.25, 0.3) is 5.69 Å². The molecular weight excluding hydrogens is 322 g/mol. The number of alkyl carbamates (subject to hydrolysis) is 1. The van der Waals surface area contributed by atoms with Gasteiger partial charge in [0.15, 0.2) is 0 Å². The van der Waals surface area contributed by atoms with E-state index in [1.807, 2.05) is 29.2 Å². The molecule has 0 bridgehead atoms. The minimum atomic E-state index is -0.454. The van der Waals surface area contributed by atoms with E-state index in [1.165, 1.54) is 0 Å². The van der Waals surface area contributed by atoms with Gasteiger partial charge in [-0.05, 0) is 37.1 Å². The Morgan fingerprint density at radius 2 is 1.88 bits per heavy atom. The highest BCUT2D eigenvalue weighted by molar-refractivity contribution is 5.94. The maximum atomic E-state index is 12.8. The molecule has 25 heavy (non-hydrogen) atoms. The molecule has 3 heterocycles. The summed E-state index contributed by atoms with van der Waals surface area (Å²) in [4.78, 5) is 26.0. The van der Waals surface area contributed by atoms with E-state index in [1.54, 1.807) is 17.2 Å². The summed E-state index contributed by atoms with van der Waals surface area (Å²) in [6.45, 7) is 1.79. The quantitative estimate of drug-likeness (QED) is 0.891. The lowest BCUT2D eigenvalue weighted by Crippen LogP contribution is -2.36. The fourth-order valence-corrected chi connectivity index (χ4v) is 3.44. The third-order valence-corrected chi connectivity index (χ3v) is 4.88. The molecule has 8 heteroatoms. The zero-order valence-corrected chi connectivity index (χ0v) is 13.7. The van der Waals surface area contributed by atoms with Crippen molar-refractivity contribution in [1.82, 2.24) is 25.0 Å². The zero-order chi connectivity index (χ0) is 17.3. The molecule has 1 aromatic carbocycles. The van der Waals surface area contributed by atoms with E-state index >= 15 is 0 Å². The van der Waals surface area contributed by atoms with E-state index < -0.39 is 5.60 Å². The highest BCUT2D eigenvalue weighted by Gasteiger charge is 2.41. The number of rotatable bonds is 2. The number of amides is 2. The van der Waals surface area contributed by atoms with Crippen molar-refractivity contribution in [2.75, 3.05) is 19.6 Å². The van der Waals surface area contributed by atoms with E-state index in [0.29, 0.717) is 31.6 Å². The molecule has 1 spiro atoms. The van der Waals surface area contributed by atoms with Crippen LogP contribution in [0.4, 0.5) is 4.79 Å². The van der Waals surface area contributed by atoms with Gasteiger partial charge < -0.3 is 15.0 Å². The van der Waals surface area contributed by atoms with Gasteiger partial charge in [-0.15, -0.1) is 10.2 Å². The maximum absolute atomic E-state index is 12.8. The first kappa shape index (κ1) is 15.6. The Kier molecular flexibility index (Phi) is 3.87. The summed E-state index contributed by atoms with van der Waals surface area (Å²) in [6.07, 6.45) is 5.13. The van der Waals surface area contributed by atoms with Crippen molar-refractivity contribution < 1.29 is 14.3 Å². The molecule has 1 N–H and O–H groups in total. The van der Waals surface area contributed by atoms with Gasteiger partial charge in [0.25, 0.3) is 5.91 Å². The molecule has 1 atom stereocenters. The van der Waals surface area contributed by atoms with E-state index in [2.05, 4.69) is 15.5 Å². The van der Waals surface area contributed by atoms with Crippen LogP contribution in [0.2, 0.25) is 0 Å². The monoisotopic (exact) mass is 341 g/mol. The van der Waals surface area contributed by atoms with Gasteiger partial charge in [-0.3, -0.25) is 9.36 Å². The smallest absolute Gasteiger partial charge is 0.407 e. The predicted molar refractivity (Wildman–Crippen MR) is 88.3 cm³/mol. The molecule has 130 valence electrons. The molecule has 2 amide bonds. The van der Waals surface area contributed by atoms with Crippen LogP contribution in [-0.2, 0) is 4.74 Å². The maximum Gasteiger partial charge on any atom is 0.407 e. The number of carbonyl (C=O) groups excluding carboxylic acids is 2. The van der Waals surface area contributed by atoms with E-state index in [4.69, 9.17) is 4.74 Å². The van der Waals surface area contributed by atoms with Crippen molar-refractivity contribution >= 4 is 12.0 Å². The molecule has 0 radical (unpaired) electrons. The van der Waals surface area contributed by atoms with Crippen LogP contribution < -0.4 is 5.32 Å². The van der Waals surface area contributed by atoms with Crippen LogP contribution >= 0.6 is 0 Å². The second-order valence-corrected chi connectivity index (χ2v) is 6.49. The Labute approximate surface area is 144 Å². The number of hydrogen-bond acceptors (Lipinski definition) is 5. The van der Waals surface area contributed by atoms with Crippen LogP contribution in [0.1, 0.15) is 29.6 Å². The second-order valence-electron chi connectivity index (χ2n) is 6.49. The molecule has 0 saturated carbocycles. The van der Waals surface area contributed by atoms with Crippen molar-refractivity contribution in [2.45, 2.75) is 24.9 Å². The van der Waals surface area contributed by atoms with Gasteiger partial charge >= 0.3 is 6.09 Å². The molecule has 0 aliphatic carbocycles. The molecule has 2 aromatic rings. The van der Waals surface area contributed by atoms with E-state index in [9.17, 15) is 9.59 Å². The fourth-order valence-electron chi connectivity index (χ4n) is 3.44. The van der Waals surface area contributed by atoms with Gasteiger partial charge in [0, 0.05) is 30.8 Å².